The van der Waals surface area contributed by atoms with Gasteiger partial charge < -0.3 is 19.4 Å². The lowest BCUT2D eigenvalue weighted by molar-refractivity contribution is 0.0519. The Morgan fingerprint density at radius 3 is 2.95 bits per heavy atom. The predicted octanol–water partition coefficient (Wildman–Crippen LogP) is 1.82. The zero-order valence-corrected chi connectivity index (χ0v) is 12.4. The number of piperazine rings is 1. The first kappa shape index (κ1) is 14.8. The zero-order chi connectivity index (χ0) is 14.5. The molecule has 0 bridgehead atoms. The molecule has 2 unspecified atom stereocenters. The summed E-state index contributed by atoms with van der Waals surface area (Å²) in [6, 6.07) is 1.28. The molecule has 0 aliphatic carbocycles. The van der Waals surface area contributed by atoms with Crippen LogP contribution in [-0.2, 0) is 4.74 Å². The molecular weight excluding hydrogens is 258 g/mol. The molecule has 20 heavy (non-hydrogen) atoms. The summed E-state index contributed by atoms with van der Waals surface area (Å²) in [5, 5.41) is 3.52. The minimum absolute atomic E-state index is 0.239. The molecule has 112 valence electrons. The lowest BCUT2D eigenvalue weighted by atomic mass is 10.1. The number of esters is 1. The second-order valence-electron chi connectivity index (χ2n) is 4.96. The topological polar surface area (TPSA) is 67.6 Å². The summed E-state index contributed by atoms with van der Waals surface area (Å²) in [5.41, 5.74) is 0.239. The Labute approximate surface area is 119 Å². The maximum absolute atomic E-state index is 11.6. The Hall–Kier alpha value is -1.56. The number of carbonyl (C=O) groups excluding carboxylic acids is 1. The van der Waals surface area contributed by atoms with Crippen LogP contribution < -0.4 is 10.2 Å². The van der Waals surface area contributed by atoms with Crippen LogP contribution in [0.25, 0.3) is 0 Å². The normalized spacial score (nSPS) is 22.9. The second kappa shape index (κ2) is 6.74. The van der Waals surface area contributed by atoms with Crippen LogP contribution in [0.15, 0.2) is 10.7 Å². The van der Waals surface area contributed by atoms with Crippen LogP contribution >= 0.6 is 0 Å². The highest BCUT2D eigenvalue weighted by molar-refractivity contribution is 5.87. The van der Waals surface area contributed by atoms with Gasteiger partial charge in [-0.3, -0.25) is 0 Å². The van der Waals surface area contributed by atoms with Gasteiger partial charge in [0, 0.05) is 25.2 Å². The number of carbonyl (C=O) groups is 1. The Morgan fingerprint density at radius 1 is 1.50 bits per heavy atom. The van der Waals surface area contributed by atoms with Gasteiger partial charge in [-0.15, -0.1) is 0 Å². The molecule has 1 fully saturated rings. The Morgan fingerprint density at radius 2 is 2.30 bits per heavy atom. The van der Waals surface area contributed by atoms with Crippen LogP contribution in [0.4, 0.5) is 6.01 Å². The summed E-state index contributed by atoms with van der Waals surface area (Å²) in [6.07, 6.45) is 3.43. The lowest BCUT2D eigenvalue weighted by Crippen LogP contribution is -2.56. The molecule has 1 aromatic heterocycles. The number of hydrogen-bond acceptors (Lipinski definition) is 6. The largest absolute Gasteiger partial charge is 0.461 e. The Balaban J connectivity index is 2.13. The second-order valence-corrected chi connectivity index (χ2v) is 4.96. The molecule has 0 aromatic carbocycles. The number of anilines is 1. The molecule has 0 spiro atoms. The van der Waals surface area contributed by atoms with Gasteiger partial charge in [-0.2, -0.15) is 4.98 Å². The quantitative estimate of drug-likeness (QED) is 0.830. The maximum Gasteiger partial charge on any atom is 0.360 e. The van der Waals surface area contributed by atoms with Crippen LogP contribution in [0.2, 0.25) is 0 Å². The number of ether oxygens (including phenoxy) is 1. The first-order valence-corrected chi connectivity index (χ1v) is 7.32. The summed E-state index contributed by atoms with van der Waals surface area (Å²) in [4.78, 5) is 18.1. The molecule has 1 saturated heterocycles. The van der Waals surface area contributed by atoms with E-state index in [0.29, 0.717) is 24.7 Å². The van der Waals surface area contributed by atoms with Gasteiger partial charge in [0.2, 0.25) is 0 Å². The molecular formula is C14H23N3O3. The van der Waals surface area contributed by atoms with E-state index in [4.69, 9.17) is 9.15 Å². The highest BCUT2D eigenvalue weighted by atomic mass is 16.5. The summed E-state index contributed by atoms with van der Waals surface area (Å²) in [5.74, 6) is -0.433. The number of aromatic nitrogens is 1. The molecule has 2 rings (SSSR count). The van der Waals surface area contributed by atoms with Crippen molar-refractivity contribution in [1.82, 2.24) is 10.3 Å². The third-order valence-electron chi connectivity index (χ3n) is 3.69. The molecule has 0 saturated carbocycles. The van der Waals surface area contributed by atoms with Crippen LogP contribution in [0, 0.1) is 0 Å². The number of nitrogens with one attached hydrogen (secondary N) is 1. The molecule has 6 nitrogen and oxygen atoms in total. The molecule has 1 N–H and O–H groups in total. The number of nitrogens with zero attached hydrogens (tertiary/aromatic N) is 2. The fourth-order valence-corrected chi connectivity index (χ4v) is 2.43. The number of hydrogen-bond donors (Lipinski definition) is 1. The average Bonchev–Trinajstić information content (AvgIpc) is 2.96. The summed E-state index contributed by atoms with van der Waals surface area (Å²) in [6.45, 7) is 8.16. The van der Waals surface area contributed by atoms with E-state index in [9.17, 15) is 4.79 Å². The highest BCUT2D eigenvalue weighted by Gasteiger charge is 2.29. The van der Waals surface area contributed by atoms with Crippen molar-refractivity contribution in [3.63, 3.8) is 0 Å². The standard InChI is InChI=1S/C14H23N3O3/c1-4-10-8-17(11(5-2)7-15-10)14-16-12(9-20-14)13(18)19-6-3/h9-11,15H,4-8H2,1-3H3. The van der Waals surface area contributed by atoms with Gasteiger partial charge in [0.25, 0.3) is 6.01 Å². The van der Waals surface area contributed by atoms with Crippen molar-refractivity contribution in [3.8, 4) is 0 Å². The van der Waals surface area contributed by atoms with Crippen molar-refractivity contribution in [2.45, 2.75) is 45.7 Å². The zero-order valence-electron chi connectivity index (χ0n) is 12.4. The van der Waals surface area contributed by atoms with Crippen LogP contribution in [0.1, 0.15) is 44.1 Å². The minimum Gasteiger partial charge on any atom is -0.461 e. The van der Waals surface area contributed by atoms with Crippen molar-refractivity contribution < 1.29 is 13.9 Å². The summed E-state index contributed by atoms with van der Waals surface area (Å²) >= 11 is 0. The van der Waals surface area contributed by atoms with E-state index >= 15 is 0 Å². The van der Waals surface area contributed by atoms with Crippen molar-refractivity contribution in [2.75, 3.05) is 24.6 Å². The maximum atomic E-state index is 11.6. The van der Waals surface area contributed by atoms with E-state index in [1.807, 2.05) is 0 Å². The fraction of sp³-hybridized carbons (Fsp3) is 0.714. The highest BCUT2D eigenvalue weighted by Crippen LogP contribution is 2.21. The van der Waals surface area contributed by atoms with Crippen molar-refractivity contribution >= 4 is 12.0 Å². The third-order valence-corrected chi connectivity index (χ3v) is 3.69. The van der Waals surface area contributed by atoms with Crippen LogP contribution in [0.3, 0.4) is 0 Å². The van der Waals surface area contributed by atoms with E-state index in [2.05, 4.69) is 29.0 Å². The lowest BCUT2D eigenvalue weighted by Gasteiger charge is -2.38. The molecule has 1 aliphatic heterocycles. The van der Waals surface area contributed by atoms with Crippen molar-refractivity contribution in [1.29, 1.82) is 0 Å². The molecule has 0 amide bonds. The molecule has 2 heterocycles. The van der Waals surface area contributed by atoms with Crippen LogP contribution in [0.5, 0.6) is 0 Å². The average molecular weight is 281 g/mol. The monoisotopic (exact) mass is 281 g/mol. The van der Waals surface area contributed by atoms with Gasteiger partial charge in [-0.25, -0.2) is 4.79 Å². The number of oxazole rings is 1. The van der Waals surface area contributed by atoms with Gasteiger partial charge in [0.15, 0.2) is 5.69 Å². The first-order valence-electron chi connectivity index (χ1n) is 7.32. The van der Waals surface area contributed by atoms with E-state index in [-0.39, 0.29) is 5.69 Å². The van der Waals surface area contributed by atoms with Crippen molar-refractivity contribution in [2.24, 2.45) is 0 Å². The summed E-state index contributed by atoms with van der Waals surface area (Å²) < 4.78 is 10.4. The molecule has 6 heteroatoms. The molecule has 2 atom stereocenters. The van der Waals surface area contributed by atoms with E-state index in [1.165, 1.54) is 6.26 Å². The predicted molar refractivity (Wildman–Crippen MR) is 76.0 cm³/mol. The van der Waals surface area contributed by atoms with Gasteiger partial charge >= 0.3 is 5.97 Å². The van der Waals surface area contributed by atoms with Gasteiger partial charge in [-0.1, -0.05) is 13.8 Å². The third kappa shape index (κ3) is 3.12. The van der Waals surface area contributed by atoms with Crippen molar-refractivity contribution in [3.05, 3.63) is 12.0 Å². The van der Waals surface area contributed by atoms with E-state index < -0.39 is 5.97 Å². The van der Waals surface area contributed by atoms with Gasteiger partial charge in [0.05, 0.1) is 6.61 Å². The van der Waals surface area contributed by atoms with Gasteiger partial charge in [0.1, 0.15) is 6.26 Å². The minimum atomic E-state index is -0.433. The number of rotatable bonds is 5. The molecule has 1 aromatic rings. The molecule has 0 radical (unpaired) electrons. The van der Waals surface area contributed by atoms with Gasteiger partial charge in [-0.05, 0) is 19.8 Å². The van der Waals surface area contributed by atoms with E-state index in [1.54, 1.807) is 6.92 Å². The SMILES string of the molecule is CCOC(=O)c1coc(N2CC(CC)NCC2CC)n1. The smallest absolute Gasteiger partial charge is 0.360 e. The first-order chi connectivity index (χ1) is 9.69. The Bertz CT molecular complexity index is 447. The molecule has 1 aliphatic rings. The van der Waals surface area contributed by atoms with E-state index in [0.717, 1.165) is 25.9 Å². The van der Waals surface area contributed by atoms with Crippen LogP contribution in [-0.4, -0.2) is 42.7 Å². The Kier molecular flexibility index (Phi) is 5.00. The summed E-state index contributed by atoms with van der Waals surface area (Å²) in [7, 11) is 0. The fourth-order valence-electron chi connectivity index (χ4n) is 2.43.